The van der Waals surface area contributed by atoms with E-state index >= 15 is 0 Å². The largest absolute Gasteiger partial charge is 0.265 e. The van der Waals surface area contributed by atoms with Crippen LogP contribution < -0.4 is 0 Å². The Morgan fingerprint density at radius 2 is 1.88 bits per heavy atom. The van der Waals surface area contributed by atoms with E-state index in [9.17, 15) is 0 Å². The first-order valence-electron chi connectivity index (χ1n) is 6.29. The highest BCUT2D eigenvalue weighted by molar-refractivity contribution is 9.09. The molecule has 0 saturated heterocycles. The van der Waals surface area contributed by atoms with Crippen LogP contribution in [-0.2, 0) is 0 Å². The Morgan fingerprint density at radius 1 is 1.19 bits per heavy atom. The highest BCUT2D eigenvalue weighted by atomic mass is 79.9. The molecule has 0 amide bonds. The Morgan fingerprint density at radius 3 is 2.50 bits per heavy atom. The second kappa shape index (κ2) is 7.83. The minimum Gasteiger partial charge on any atom is -0.265 e. The van der Waals surface area contributed by atoms with Gasteiger partial charge in [0.1, 0.15) is 0 Å². The van der Waals surface area contributed by atoms with E-state index in [2.05, 4.69) is 46.9 Å². The van der Waals surface area contributed by atoms with Gasteiger partial charge in [0.2, 0.25) is 0 Å². The molecule has 0 aliphatic rings. The number of rotatable bonds is 7. The molecule has 2 atom stereocenters. The van der Waals surface area contributed by atoms with Crippen LogP contribution in [0.5, 0.6) is 0 Å². The normalized spacial score (nSPS) is 14.7. The lowest BCUT2D eigenvalue weighted by molar-refractivity contribution is 0.584. The van der Waals surface area contributed by atoms with Crippen molar-refractivity contribution in [2.45, 2.75) is 56.7 Å². The second-order valence-electron chi connectivity index (χ2n) is 4.43. The molecule has 0 spiro atoms. The molecule has 1 nitrogen and oxygen atoms in total. The molecular weight excluding hydrogens is 262 g/mol. The van der Waals surface area contributed by atoms with Crippen LogP contribution in [0.1, 0.15) is 57.4 Å². The van der Waals surface area contributed by atoms with Gasteiger partial charge in [0.05, 0.1) is 0 Å². The standard InChI is InChI=1S/C14H22BrN/c1-3-4-5-6-7-14(15)12(2)13-8-10-16-11-9-13/h8-12,14H,3-7H2,1-2H3. The molecule has 0 saturated carbocycles. The number of hydrogen-bond acceptors (Lipinski definition) is 1. The van der Waals surface area contributed by atoms with Gasteiger partial charge in [-0.15, -0.1) is 0 Å². The molecule has 2 unspecified atom stereocenters. The maximum absolute atomic E-state index is 4.06. The molecular formula is C14H22BrN. The van der Waals surface area contributed by atoms with E-state index < -0.39 is 0 Å². The molecule has 1 aromatic heterocycles. The van der Waals surface area contributed by atoms with Crippen LogP contribution >= 0.6 is 15.9 Å². The molecule has 1 rings (SSSR count). The summed E-state index contributed by atoms with van der Waals surface area (Å²) < 4.78 is 0. The minimum atomic E-state index is 0.574. The highest BCUT2D eigenvalue weighted by Gasteiger charge is 2.15. The van der Waals surface area contributed by atoms with Crippen molar-refractivity contribution < 1.29 is 0 Å². The van der Waals surface area contributed by atoms with Gasteiger partial charge >= 0.3 is 0 Å². The third-order valence-corrected chi connectivity index (χ3v) is 4.36. The van der Waals surface area contributed by atoms with Gasteiger partial charge in [0.25, 0.3) is 0 Å². The smallest absolute Gasteiger partial charge is 0.0270 e. The Bertz CT molecular complexity index is 273. The van der Waals surface area contributed by atoms with Gasteiger partial charge in [0, 0.05) is 17.2 Å². The van der Waals surface area contributed by atoms with Crippen molar-refractivity contribution in [1.29, 1.82) is 0 Å². The van der Waals surface area contributed by atoms with Gasteiger partial charge in [-0.3, -0.25) is 4.98 Å². The SMILES string of the molecule is CCCCCCC(Br)C(C)c1ccncc1. The van der Waals surface area contributed by atoms with Gasteiger partial charge in [-0.1, -0.05) is 55.5 Å². The quantitative estimate of drug-likeness (QED) is 0.511. The zero-order chi connectivity index (χ0) is 11.8. The monoisotopic (exact) mass is 283 g/mol. The summed E-state index contributed by atoms with van der Waals surface area (Å²) in [5, 5.41) is 0. The molecule has 0 fully saturated rings. The topological polar surface area (TPSA) is 12.9 Å². The number of unbranched alkanes of at least 4 members (excludes halogenated alkanes) is 3. The molecule has 0 aliphatic heterocycles. The Balaban J connectivity index is 2.33. The van der Waals surface area contributed by atoms with Crippen molar-refractivity contribution in [3.05, 3.63) is 30.1 Å². The van der Waals surface area contributed by atoms with Gasteiger partial charge < -0.3 is 0 Å². The zero-order valence-electron chi connectivity index (χ0n) is 10.3. The Kier molecular flexibility index (Phi) is 6.70. The van der Waals surface area contributed by atoms with Gasteiger partial charge in [-0.05, 0) is 30.0 Å². The summed E-state index contributed by atoms with van der Waals surface area (Å²) in [6.07, 6.45) is 10.4. The summed E-state index contributed by atoms with van der Waals surface area (Å²) in [4.78, 5) is 4.65. The fourth-order valence-corrected chi connectivity index (χ4v) is 2.52. The summed E-state index contributed by atoms with van der Waals surface area (Å²) in [6, 6.07) is 4.23. The molecule has 0 radical (unpaired) electrons. The lowest BCUT2D eigenvalue weighted by atomic mass is 9.95. The van der Waals surface area contributed by atoms with Crippen molar-refractivity contribution in [1.82, 2.24) is 4.98 Å². The number of halogens is 1. The van der Waals surface area contributed by atoms with E-state index in [0.717, 1.165) is 0 Å². The van der Waals surface area contributed by atoms with Crippen molar-refractivity contribution >= 4 is 15.9 Å². The maximum Gasteiger partial charge on any atom is 0.0270 e. The van der Waals surface area contributed by atoms with E-state index in [-0.39, 0.29) is 0 Å². The Labute approximate surface area is 108 Å². The van der Waals surface area contributed by atoms with E-state index in [1.54, 1.807) is 0 Å². The van der Waals surface area contributed by atoms with Gasteiger partial charge in [-0.2, -0.15) is 0 Å². The summed E-state index contributed by atoms with van der Waals surface area (Å²) in [5.74, 6) is 0.574. The van der Waals surface area contributed by atoms with Gasteiger partial charge in [-0.25, -0.2) is 0 Å². The summed E-state index contributed by atoms with van der Waals surface area (Å²) >= 11 is 3.81. The number of alkyl halides is 1. The van der Waals surface area contributed by atoms with E-state index in [0.29, 0.717) is 10.7 Å². The van der Waals surface area contributed by atoms with Gasteiger partial charge in [0.15, 0.2) is 0 Å². The molecule has 0 aliphatic carbocycles. The lowest BCUT2D eigenvalue weighted by Crippen LogP contribution is -2.09. The van der Waals surface area contributed by atoms with Crippen LogP contribution in [0.25, 0.3) is 0 Å². The lowest BCUT2D eigenvalue weighted by Gasteiger charge is -2.18. The number of hydrogen-bond donors (Lipinski definition) is 0. The first-order valence-corrected chi connectivity index (χ1v) is 7.21. The van der Waals surface area contributed by atoms with Crippen molar-refractivity contribution in [2.24, 2.45) is 0 Å². The van der Waals surface area contributed by atoms with Crippen molar-refractivity contribution in [2.75, 3.05) is 0 Å². The van der Waals surface area contributed by atoms with E-state index in [4.69, 9.17) is 0 Å². The number of nitrogens with zero attached hydrogens (tertiary/aromatic N) is 1. The maximum atomic E-state index is 4.06. The predicted molar refractivity (Wildman–Crippen MR) is 74.1 cm³/mol. The van der Waals surface area contributed by atoms with E-state index in [1.165, 1.54) is 37.7 Å². The van der Waals surface area contributed by atoms with Crippen LogP contribution in [0.4, 0.5) is 0 Å². The van der Waals surface area contributed by atoms with Crippen LogP contribution in [0.15, 0.2) is 24.5 Å². The summed E-state index contributed by atoms with van der Waals surface area (Å²) in [7, 11) is 0. The molecule has 16 heavy (non-hydrogen) atoms. The third-order valence-electron chi connectivity index (χ3n) is 3.11. The Hall–Kier alpha value is -0.370. The fourth-order valence-electron chi connectivity index (χ4n) is 1.89. The first-order chi connectivity index (χ1) is 7.75. The summed E-state index contributed by atoms with van der Waals surface area (Å²) in [6.45, 7) is 4.54. The van der Waals surface area contributed by atoms with Crippen LogP contribution in [0, 0.1) is 0 Å². The highest BCUT2D eigenvalue weighted by Crippen LogP contribution is 2.28. The molecule has 0 bridgehead atoms. The molecule has 1 heterocycles. The minimum absolute atomic E-state index is 0.574. The fraction of sp³-hybridized carbons (Fsp3) is 0.643. The molecule has 2 heteroatoms. The number of aromatic nitrogens is 1. The van der Waals surface area contributed by atoms with Crippen molar-refractivity contribution in [3.8, 4) is 0 Å². The summed E-state index contributed by atoms with van der Waals surface area (Å²) in [5.41, 5.74) is 1.38. The average Bonchev–Trinajstić information content (AvgIpc) is 2.34. The third kappa shape index (κ3) is 4.65. The average molecular weight is 284 g/mol. The van der Waals surface area contributed by atoms with Crippen LogP contribution in [0.2, 0.25) is 0 Å². The second-order valence-corrected chi connectivity index (χ2v) is 5.61. The molecule has 1 aromatic rings. The van der Waals surface area contributed by atoms with Crippen molar-refractivity contribution in [3.63, 3.8) is 0 Å². The zero-order valence-corrected chi connectivity index (χ0v) is 11.9. The first kappa shape index (κ1) is 13.7. The van der Waals surface area contributed by atoms with Crippen LogP contribution in [-0.4, -0.2) is 9.81 Å². The molecule has 0 aromatic carbocycles. The number of pyridine rings is 1. The van der Waals surface area contributed by atoms with Crippen LogP contribution in [0.3, 0.4) is 0 Å². The van der Waals surface area contributed by atoms with E-state index in [1.807, 2.05) is 12.4 Å². The molecule has 90 valence electrons. The molecule has 0 N–H and O–H groups in total. The predicted octanol–water partition coefficient (Wildman–Crippen LogP) is 4.92.